The predicted octanol–water partition coefficient (Wildman–Crippen LogP) is 8.71. The van der Waals surface area contributed by atoms with E-state index in [4.69, 9.17) is 0 Å². The van der Waals surface area contributed by atoms with Crippen LogP contribution in [0, 0.1) is 0 Å². The van der Waals surface area contributed by atoms with Crippen LogP contribution in [0.25, 0.3) is 0 Å². The van der Waals surface area contributed by atoms with E-state index in [1.807, 2.05) is 0 Å². The maximum Gasteiger partial charge on any atom is 0.0387 e. The Kier molecular flexibility index (Phi) is 10.2. The molecule has 0 saturated carbocycles. The molecule has 0 fully saturated rings. The van der Waals surface area contributed by atoms with E-state index in [0.29, 0.717) is 0 Å². The van der Waals surface area contributed by atoms with Crippen molar-refractivity contribution in [3.8, 4) is 0 Å². The molecule has 0 bridgehead atoms. The molecule has 0 unspecified atom stereocenters. The van der Waals surface area contributed by atoms with Crippen LogP contribution in [0.1, 0.15) is 65.5 Å². The number of benzene rings is 2. The summed E-state index contributed by atoms with van der Waals surface area (Å²) in [4.78, 5) is 4.70. The highest BCUT2D eigenvalue weighted by molar-refractivity contribution is 5.55. The fourth-order valence-electron chi connectivity index (χ4n) is 5.00. The second-order valence-corrected chi connectivity index (χ2v) is 10.4. The molecular weight excluding hydrogens is 424 g/mol. The van der Waals surface area contributed by atoms with E-state index in [-0.39, 0.29) is 5.41 Å². The van der Waals surface area contributed by atoms with Crippen molar-refractivity contribution in [3.05, 3.63) is 108 Å². The van der Waals surface area contributed by atoms with Crippen LogP contribution < -0.4 is 9.80 Å². The molecule has 35 heavy (non-hydrogen) atoms. The molecule has 188 valence electrons. The van der Waals surface area contributed by atoms with Crippen molar-refractivity contribution in [1.82, 2.24) is 0 Å². The Morgan fingerprint density at radius 3 is 1.00 bits per heavy atom. The van der Waals surface area contributed by atoms with Crippen molar-refractivity contribution in [2.24, 2.45) is 0 Å². The number of hydrogen-bond acceptors (Lipinski definition) is 2. The Morgan fingerprint density at radius 2 is 0.800 bits per heavy atom. The van der Waals surface area contributed by atoms with E-state index < -0.39 is 0 Å². The van der Waals surface area contributed by atoms with Crippen molar-refractivity contribution >= 4 is 11.4 Å². The molecule has 0 aliphatic rings. The predicted molar refractivity (Wildman–Crippen MR) is 158 cm³/mol. The van der Waals surface area contributed by atoms with Crippen LogP contribution >= 0.6 is 0 Å². The van der Waals surface area contributed by atoms with Crippen molar-refractivity contribution < 1.29 is 0 Å². The highest BCUT2D eigenvalue weighted by Gasteiger charge is 2.31. The van der Waals surface area contributed by atoms with Crippen molar-refractivity contribution in [3.63, 3.8) is 0 Å². The summed E-state index contributed by atoms with van der Waals surface area (Å²) >= 11 is 0. The molecule has 0 aliphatic carbocycles. The van der Waals surface area contributed by atoms with Crippen molar-refractivity contribution in [2.45, 2.75) is 59.8 Å². The fourth-order valence-corrected chi connectivity index (χ4v) is 5.00. The first-order valence-electron chi connectivity index (χ1n) is 12.8. The van der Waals surface area contributed by atoms with Gasteiger partial charge in [-0.1, -0.05) is 86.7 Å². The molecule has 0 spiro atoms. The third-order valence-corrected chi connectivity index (χ3v) is 6.62. The standard InChI is InChI=1S/C33H46N2/c1-11-33(12-2,29-13-17-31(18-14-29)34(21-25(3)4)22-26(5)6)30-15-19-32(20-16-30)35(23-27(7)8)24-28(9)10/h13-20H,3,5,7,9,11-12,21-24H2,1-2,4,6,8,10H3. The number of nitrogens with zero attached hydrogens (tertiary/aromatic N) is 2. The molecule has 0 saturated heterocycles. The fraction of sp³-hybridized carbons (Fsp3) is 0.394. The quantitative estimate of drug-likeness (QED) is 0.255. The Balaban J connectivity index is 2.41. The zero-order valence-electron chi connectivity index (χ0n) is 23.1. The van der Waals surface area contributed by atoms with Gasteiger partial charge in [-0.15, -0.1) is 0 Å². The smallest absolute Gasteiger partial charge is 0.0387 e. The third kappa shape index (κ3) is 7.49. The van der Waals surface area contributed by atoms with E-state index in [2.05, 4.69) is 126 Å². The lowest BCUT2D eigenvalue weighted by Gasteiger charge is -2.35. The monoisotopic (exact) mass is 470 g/mol. The van der Waals surface area contributed by atoms with Gasteiger partial charge in [0.25, 0.3) is 0 Å². The van der Waals surface area contributed by atoms with Gasteiger partial charge in [0.05, 0.1) is 0 Å². The molecule has 0 atom stereocenters. The number of rotatable bonds is 14. The van der Waals surface area contributed by atoms with Crippen LogP contribution in [0.2, 0.25) is 0 Å². The zero-order valence-corrected chi connectivity index (χ0v) is 23.1. The van der Waals surface area contributed by atoms with E-state index >= 15 is 0 Å². The average molecular weight is 471 g/mol. The molecule has 2 rings (SSSR count). The van der Waals surface area contributed by atoms with Gasteiger partial charge in [0, 0.05) is 43.0 Å². The minimum Gasteiger partial charge on any atom is -0.364 e. The molecule has 0 N–H and O–H groups in total. The molecule has 2 heteroatoms. The van der Waals surface area contributed by atoms with Gasteiger partial charge in [-0.2, -0.15) is 0 Å². The van der Waals surface area contributed by atoms with E-state index in [9.17, 15) is 0 Å². The van der Waals surface area contributed by atoms with Gasteiger partial charge in [-0.05, 0) is 75.9 Å². The lowest BCUT2D eigenvalue weighted by atomic mass is 9.70. The van der Waals surface area contributed by atoms with Crippen LogP contribution in [0.3, 0.4) is 0 Å². The minimum absolute atomic E-state index is 0.0157. The van der Waals surface area contributed by atoms with Gasteiger partial charge in [0.1, 0.15) is 0 Å². The van der Waals surface area contributed by atoms with Crippen LogP contribution in [0.5, 0.6) is 0 Å². The lowest BCUT2D eigenvalue weighted by molar-refractivity contribution is 0.478. The van der Waals surface area contributed by atoms with Crippen LogP contribution in [-0.2, 0) is 5.41 Å². The topological polar surface area (TPSA) is 6.48 Å². The molecule has 0 heterocycles. The summed E-state index contributed by atoms with van der Waals surface area (Å²) in [6, 6.07) is 18.3. The summed E-state index contributed by atoms with van der Waals surface area (Å²) in [6.45, 7) is 32.7. The van der Waals surface area contributed by atoms with Gasteiger partial charge < -0.3 is 9.80 Å². The largest absolute Gasteiger partial charge is 0.364 e. The first kappa shape index (κ1) is 28.2. The Hall–Kier alpha value is -3.00. The molecule has 2 aromatic rings. The summed E-state index contributed by atoms with van der Waals surface area (Å²) in [5.41, 5.74) is 9.75. The Morgan fingerprint density at radius 1 is 0.543 bits per heavy atom. The van der Waals surface area contributed by atoms with Gasteiger partial charge in [0.15, 0.2) is 0 Å². The van der Waals surface area contributed by atoms with Crippen LogP contribution in [0.4, 0.5) is 11.4 Å². The van der Waals surface area contributed by atoms with E-state index in [0.717, 1.165) is 61.3 Å². The second-order valence-electron chi connectivity index (χ2n) is 10.4. The molecule has 0 aliphatic heterocycles. The molecule has 0 amide bonds. The number of anilines is 2. The number of hydrogen-bond donors (Lipinski definition) is 0. The van der Waals surface area contributed by atoms with Gasteiger partial charge in [-0.25, -0.2) is 0 Å². The van der Waals surface area contributed by atoms with E-state index in [1.165, 1.54) is 22.5 Å². The van der Waals surface area contributed by atoms with Crippen molar-refractivity contribution in [2.75, 3.05) is 36.0 Å². The highest BCUT2D eigenvalue weighted by atomic mass is 15.1. The van der Waals surface area contributed by atoms with Gasteiger partial charge in [-0.3, -0.25) is 0 Å². The van der Waals surface area contributed by atoms with E-state index in [1.54, 1.807) is 0 Å². The zero-order chi connectivity index (χ0) is 26.2. The second kappa shape index (κ2) is 12.6. The normalized spacial score (nSPS) is 11.1. The maximum atomic E-state index is 4.12. The molecule has 2 nitrogen and oxygen atoms in total. The molecule has 0 radical (unpaired) electrons. The van der Waals surface area contributed by atoms with Gasteiger partial charge in [0.2, 0.25) is 0 Å². The lowest BCUT2D eigenvalue weighted by Crippen LogP contribution is -2.29. The molecule has 2 aromatic carbocycles. The maximum absolute atomic E-state index is 4.12. The Labute approximate surface area is 215 Å². The molecular formula is C33H46N2. The van der Waals surface area contributed by atoms with Crippen LogP contribution in [-0.4, -0.2) is 26.2 Å². The minimum atomic E-state index is -0.0157. The first-order chi connectivity index (χ1) is 16.5. The molecule has 0 aromatic heterocycles. The summed E-state index contributed by atoms with van der Waals surface area (Å²) in [6.07, 6.45) is 2.09. The van der Waals surface area contributed by atoms with Crippen molar-refractivity contribution in [1.29, 1.82) is 0 Å². The summed E-state index contributed by atoms with van der Waals surface area (Å²) in [5.74, 6) is 0. The summed E-state index contributed by atoms with van der Waals surface area (Å²) in [5, 5.41) is 0. The van der Waals surface area contributed by atoms with Crippen LogP contribution in [0.15, 0.2) is 97.1 Å². The average Bonchev–Trinajstić information content (AvgIpc) is 2.79. The van der Waals surface area contributed by atoms with Gasteiger partial charge >= 0.3 is 0 Å². The third-order valence-electron chi connectivity index (χ3n) is 6.62. The Bertz CT molecular complexity index is 906. The first-order valence-corrected chi connectivity index (χ1v) is 12.8. The summed E-state index contributed by atoms with van der Waals surface area (Å²) < 4.78 is 0. The highest BCUT2D eigenvalue weighted by Crippen LogP contribution is 2.40. The SMILES string of the molecule is C=C(C)CN(CC(=C)C)c1ccc(C(CC)(CC)c2ccc(N(CC(=C)C)CC(=C)C)cc2)cc1. The summed E-state index contributed by atoms with van der Waals surface area (Å²) in [7, 11) is 0.